The van der Waals surface area contributed by atoms with Crippen LogP contribution in [-0.2, 0) is 4.74 Å². The Morgan fingerprint density at radius 1 is 1.35 bits per heavy atom. The molecular weight excluding hydrogens is 352 g/mol. The van der Waals surface area contributed by atoms with Gasteiger partial charge in [0, 0.05) is 25.0 Å². The van der Waals surface area contributed by atoms with Gasteiger partial charge in [0.2, 0.25) is 5.13 Å². The third-order valence-corrected chi connectivity index (χ3v) is 4.81. The summed E-state index contributed by atoms with van der Waals surface area (Å²) in [7, 11) is 1.64. The van der Waals surface area contributed by atoms with E-state index >= 15 is 0 Å². The molecule has 0 aliphatic carbocycles. The molecule has 7 nitrogen and oxygen atoms in total. The molecule has 0 unspecified atom stereocenters. The number of hydrogen-bond donors (Lipinski definition) is 1. The van der Waals surface area contributed by atoms with Crippen LogP contribution in [0.4, 0.5) is 5.13 Å². The van der Waals surface area contributed by atoms with Crippen molar-refractivity contribution in [1.82, 2.24) is 9.88 Å². The molecule has 1 fully saturated rings. The topological polar surface area (TPSA) is 68.2 Å². The van der Waals surface area contributed by atoms with E-state index < -0.39 is 0 Å². The highest BCUT2D eigenvalue weighted by molar-refractivity contribution is 7.13. The summed E-state index contributed by atoms with van der Waals surface area (Å²) in [5, 5.41) is 6.98. The lowest BCUT2D eigenvalue weighted by Crippen LogP contribution is -2.38. The van der Waals surface area contributed by atoms with E-state index in [2.05, 4.69) is 20.4 Å². The van der Waals surface area contributed by atoms with E-state index in [4.69, 9.17) is 14.2 Å². The number of ether oxygens (including phenoxy) is 3. The highest BCUT2D eigenvalue weighted by atomic mass is 32.1. The first-order chi connectivity index (χ1) is 12.7. The molecule has 1 aromatic carbocycles. The summed E-state index contributed by atoms with van der Waals surface area (Å²) in [6, 6.07) is 5.75. The highest BCUT2D eigenvalue weighted by Gasteiger charge is 2.11. The number of hydrogen-bond acceptors (Lipinski definition) is 8. The van der Waals surface area contributed by atoms with Gasteiger partial charge < -0.3 is 14.2 Å². The third kappa shape index (κ3) is 5.42. The number of nitrogens with zero attached hydrogens (tertiary/aromatic N) is 3. The first kappa shape index (κ1) is 18.6. The number of anilines is 1. The van der Waals surface area contributed by atoms with Crippen molar-refractivity contribution >= 4 is 22.7 Å². The minimum atomic E-state index is 0.605. The first-order valence-corrected chi connectivity index (χ1v) is 9.45. The Morgan fingerprint density at radius 2 is 2.19 bits per heavy atom. The van der Waals surface area contributed by atoms with Gasteiger partial charge >= 0.3 is 0 Å². The molecular formula is C18H24N4O3S. The van der Waals surface area contributed by atoms with Crippen LogP contribution >= 0.6 is 11.3 Å². The van der Waals surface area contributed by atoms with Gasteiger partial charge in [0.15, 0.2) is 11.5 Å². The summed E-state index contributed by atoms with van der Waals surface area (Å²) in [6.07, 6.45) is 1.74. The third-order valence-electron chi connectivity index (χ3n) is 3.95. The summed E-state index contributed by atoms with van der Waals surface area (Å²) in [6.45, 7) is 6.92. The fourth-order valence-electron chi connectivity index (χ4n) is 2.56. The molecule has 3 rings (SSSR count). The number of methoxy groups -OCH3 is 1. The van der Waals surface area contributed by atoms with E-state index in [0.717, 1.165) is 55.0 Å². The van der Waals surface area contributed by atoms with Crippen molar-refractivity contribution in [1.29, 1.82) is 0 Å². The van der Waals surface area contributed by atoms with Crippen molar-refractivity contribution in [2.24, 2.45) is 5.10 Å². The van der Waals surface area contributed by atoms with E-state index in [1.807, 2.05) is 30.5 Å². The Kier molecular flexibility index (Phi) is 6.82. The van der Waals surface area contributed by atoms with Crippen LogP contribution < -0.4 is 14.9 Å². The molecule has 1 aliphatic rings. The number of benzene rings is 1. The molecule has 0 amide bonds. The maximum absolute atomic E-state index is 5.94. The zero-order valence-electron chi connectivity index (χ0n) is 15.1. The molecule has 1 aliphatic heterocycles. The van der Waals surface area contributed by atoms with E-state index in [1.54, 1.807) is 13.3 Å². The second-order valence-corrected chi connectivity index (χ2v) is 6.73. The number of aromatic nitrogens is 1. The van der Waals surface area contributed by atoms with Crippen molar-refractivity contribution in [3.8, 4) is 11.5 Å². The van der Waals surface area contributed by atoms with Crippen LogP contribution in [0, 0.1) is 6.92 Å². The van der Waals surface area contributed by atoms with Gasteiger partial charge in [-0.1, -0.05) is 0 Å². The number of nitrogens with one attached hydrogen (secondary N) is 1. The molecule has 26 heavy (non-hydrogen) atoms. The Labute approximate surface area is 157 Å². The maximum Gasteiger partial charge on any atom is 0.203 e. The van der Waals surface area contributed by atoms with E-state index in [0.29, 0.717) is 12.4 Å². The summed E-state index contributed by atoms with van der Waals surface area (Å²) in [5.74, 6) is 1.43. The molecule has 0 atom stereocenters. The van der Waals surface area contributed by atoms with Crippen LogP contribution in [0.15, 0.2) is 28.7 Å². The SMILES string of the molecule is COc1ccc(C=NNc2nc(C)cs2)cc1OCCN1CCOCC1. The maximum atomic E-state index is 5.94. The van der Waals surface area contributed by atoms with Crippen LogP contribution in [-0.4, -0.2) is 62.7 Å². The molecule has 0 radical (unpaired) electrons. The Morgan fingerprint density at radius 3 is 2.92 bits per heavy atom. The van der Waals surface area contributed by atoms with Gasteiger partial charge in [-0.05, 0) is 30.7 Å². The summed E-state index contributed by atoms with van der Waals surface area (Å²) in [5.41, 5.74) is 4.84. The summed E-state index contributed by atoms with van der Waals surface area (Å²) < 4.78 is 16.7. The average molecular weight is 376 g/mol. The molecule has 140 valence electrons. The minimum absolute atomic E-state index is 0.605. The zero-order valence-corrected chi connectivity index (χ0v) is 15.9. The smallest absolute Gasteiger partial charge is 0.203 e. The molecule has 2 aromatic rings. The molecule has 1 saturated heterocycles. The predicted octanol–water partition coefficient (Wildman–Crippen LogP) is 2.62. The number of rotatable bonds is 8. The lowest BCUT2D eigenvalue weighted by molar-refractivity contribution is 0.0321. The molecule has 1 aromatic heterocycles. The monoisotopic (exact) mass is 376 g/mol. The van der Waals surface area contributed by atoms with Gasteiger partial charge in [0.1, 0.15) is 6.61 Å². The van der Waals surface area contributed by atoms with Gasteiger partial charge in [-0.3, -0.25) is 10.3 Å². The lowest BCUT2D eigenvalue weighted by atomic mass is 10.2. The van der Waals surface area contributed by atoms with Gasteiger partial charge in [0.25, 0.3) is 0 Å². The van der Waals surface area contributed by atoms with Crippen LogP contribution in [0.2, 0.25) is 0 Å². The van der Waals surface area contributed by atoms with Crippen molar-refractivity contribution < 1.29 is 14.2 Å². The molecule has 1 N–H and O–H groups in total. The second-order valence-electron chi connectivity index (χ2n) is 5.88. The Balaban J connectivity index is 1.56. The molecule has 8 heteroatoms. The van der Waals surface area contributed by atoms with Crippen LogP contribution in [0.5, 0.6) is 11.5 Å². The van der Waals surface area contributed by atoms with Gasteiger partial charge in [0.05, 0.1) is 32.2 Å². The van der Waals surface area contributed by atoms with Crippen LogP contribution in [0.25, 0.3) is 0 Å². The van der Waals surface area contributed by atoms with E-state index in [9.17, 15) is 0 Å². The second kappa shape index (κ2) is 9.51. The van der Waals surface area contributed by atoms with Gasteiger partial charge in [-0.2, -0.15) is 5.10 Å². The first-order valence-electron chi connectivity index (χ1n) is 8.57. The highest BCUT2D eigenvalue weighted by Crippen LogP contribution is 2.27. The van der Waals surface area contributed by atoms with Crippen LogP contribution in [0.3, 0.4) is 0 Å². The van der Waals surface area contributed by atoms with Crippen molar-refractivity contribution in [2.45, 2.75) is 6.92 Å². The van der Waals surface area contributed by atoms with Crippen molar-refractivity contribution in [3.05, 3.63) is 34.8 Å². The number of thiazole rings is 1. The van der Waals surface area contributed by atoms with Crippen molar-refractivity contribution in [2.75, 3.05) is 52.0 Å². The van der Waals surface area contributed by atoms with E-state index in [1.165, 1.54) is 11.3 Å². The Bertz CT molecular complexity index is 729. The number of hydrazone groups is 1. The predicted molar refractivity (Wildman–Crippen MR) is 104 cm³/mol. The molecule has 0 saturated carbocycles. The molecule has 2 heterocycles. The standard InChI is InChI=1S/C18H24N4O3S/c1-14-13-26-18(20-14)21-19-12-15-3-4-16(23-2)17(11-15)25-10-7-22-5-8-24-9-6-22/h3-4,11-13H,5-10H2,1-2H3,(H,20,21). The number of morpholine rings is 1. The molecule has 0 bridgehead atoms. The Hall–Kier alpha value is -2.16. The minimum Gasteiger partial charge on any atom is -0.493 e. The quantitative estimate of drug-likeness (QED) is 0.564. The largest absolute Gasteiger partial charge is 0.493 e. The fraction of sp³-hybridized carbons (Fsp3) is 0.444. The van der Waals surface area contributed by atoms with Gasteiger partial charge in [-0.15, -0.1) is 11.3 Å². The van der Waals surface area contributed by atoms with E-state index in [-0.39, 0.29) is 0 Å². The number of aryl methyl sites for hydroxylation is 1. The lowest BCUT2D eigenvalue weighted by Gasteiger charge is -2.26. The summed E-state index contributed by atoms with van der Waals surface area (Å²) >= 11 is 1.52. The normalized spacial score (nSPS) is 15.3. The van der Waals surface area contributed by atoms with Crippen molar-refractivity contribution in [3.63, 3.8) is 0 Å². The fourth-order valence-corrected chi connectivity index (χ4v) is 3.20. The molecule has 0 spiro atoms. The van der Waals surface area contributed by atoms with Gasteiger partial charge in [-0.25, -0.2) is 4.98 Å². The average Bonchev–Trinajstić information content (AvgIpc) is 3.08. The zero-order chi connectivity index (χ0) is 18.2. The summed E-state index contributed by atoms with van der Waals surface area (Å²) in [4.78, 5) is 6.64. The van der Waals surface area contributed by atoms with Crippen LogP contribution in [0.1, 0.15) is 11.3 Å².